The minimum absolute atomic E-state index is 0.0804. The smallest absolute Gasteiger partial charge is 0.311 e. The average molecular weight is 278 g/mol. The normalized spacial score (nSPS) is 10.6. The minimum Gasteiger partial charge on any atom is -0.484 e. The maximum absolute atomic E-state index is 10.9. The third-order valence-corrected chi connectivity index (χ3v) is 2.70. The van der Waals surface area contributed by atoms with Crippen molar-refractivity contribution in [2.24, 2.45) is 0 Å². The third kappa shape index (κ3) is 3.48. The number of alkyl halides is 2. The molecular weight excluding hydrogens is 265 g/mol. The van der Waals surface area contributed by atoms with E-state index in [1.54, 1.807) is 19.9 Å². The summed E-state index contributed by atoms with van der Waals surface area (Å²) in [6, 6.07) is 3.01. The molecule has 0 bridgehead atoms. The number of benzene rings is 1. The van der Waals surface area contributed by atoms with Crippen LogP contribution in [0.2, 0.25) is 0 Å². The van der Waals surface area contributed by atoms with Crippen LogP contribution in [0.3, 0.4) is 0 Å². The van der Waals surface area contributed by atoms with Gasteiger partial charge in [0.15, 0.2) is 5.75 Å². The van der Waals surface area contributed by atoms with Crippen LogP contribution < -0.4 is 4.74 Å². The second-order valence-corrected chi connectivity index (χ2v) is 4.31. The molecule has 0 radical (unpaired) electrons. The monoisotopic (exact) mass is 277 g/mol. The van der Waals surface area contributed by atoms with Crippen molar-refractivity contribution in [3.05, 3.63) is 33.4 Å². The molecule has 4 nitrogen and oxygen atoms in total. The van der Waals surface area contributed by atoms with Gasteiger partial charge in [-0.25, -0.2) is 0 Å². The van der Waals surface area contributed by atoms with Crippen molar-refractivity contribution in [2.45, 2.75) is 31.7 Å². The number of hydrogen-bond donors (Lipinski definition) is 0. The molecule has 6 heteroatoms. The summed E-state index contributed by atoms with van der Waals surface area (Å²) in [6.07, 6.45) is -0.140. The number of ether oxygens (including phenoxy) is 1. The Labute approximate surface area is 110 Å². The van der Waals surface area contributed by atoms with Crippen LogP contribution >= 0.6 is 23.2 Å². The highest BCUT2D eigenvalue weighted by Crippen LogP contribution is 2.32. The van der Waals surface area contributed by atoms with Gasteiger partial charge in [-0.05, 0) is 31.0 Å². The van der Waals surface area contributed by atoms with E-state index in [0.29, 0.717) is 5.56 Å². The number of nitro benzene ring substituents is 1. The van der Waals surface area contributed by atoms with Crippen molar-refractivity contribution in [2.75, 3.05) is 0 Å². The summed E-state index contributed by atoms with van der Waals surface area (Å²) >= 11 is 11.5. The molecule has 0 N–H and O–H groups in total. The first-order valence-corrected chi connectivity index (χ1v) is 6.15. The summed E-state index contributed by atoms with van der Waals surface area (Å²) in [5.41, 5.74) is 1.33. The molecule has 0 aromatic heterocycles. The molecule has 1 aromatic carbocycles. The van der Waals surface area contributed by atoms with Gasteiger partial charge in [0.1, 0.15) is 0 Å². The lowest BCUT2D eigenvalue weighted by molar-refractivity contribution is -0.386. The molecule has 0 unspecified atom stereocenters. The molecule has 0 aliphatic heterocycles. The zero-order valence-electron chi connectivity index (χ0n) is 9.57. The van der Waals surface area contributed by atoms with E-state index in [1.807, 2.05) is 0 Å². The van der Waals surface area contributed by atoms with Crippen LogP contribution in [0.15, 0.2) is 12.1 Å². The van der Waals surface area contributed by atoms with E-state index in [4.69, 9.17) is 27.9 Å². The molecule has 17 heavy (non-hydrogen) atoms. The third-order valence-electron chi connectivity index (χ3n) is 2.13. The van der Waals surface area contributed by atoms with Gasteiger partial charge in [-0.3, -0.25) is 10.1 Å². The first-order chi connectivity index (χ1) is 7.99. The number of hydrogen-bond acceptors (Lipinski definition) is 3. The summed E-state index contributed by atoms with van der Waals surface area (Å²) in [7, 11) is 0. The highest BCUT2D eigenvalue weighted by atomic mass is 35.5. The predicted molar refractivity (Wildman–Crippen MR) is 68.0 cm³/mol. The van der Waals surface area contributed by atoms with E-state index in [9.17, 15) is 10.1 Å². The molecule has 0 saturated heterocycles. The Morgan fingerprint density at radius 3 is 2.24 bits per heavy atom. The fourth-order valence-electron chi connectivity index (χ4n) is 1.39. The van der Waals surface area contributed by atoms with Crippen LogP contribution in [0.25, 0.3) is 0 Å². The van der Waals surface area contributed by atoms with Crippen LogP contribution in [0.4, 0.5) is 5.69 Å². The van der Waals surface area contributed by atoms with Crippen molar-refractivity contribution in [1.82, 2.24) is 0 Å². The summed E-state index contributed by atoms with van der Waals surface area (Å²) in [5, 5.41) is 10.9. The predicted octanol–water partition coefficient (Wildman–Crippen LogP) is 3.86. The van der Waals surface area contributed by atoms with Crippen LogP contribution in [-0.2, 0) is 11.8 Å². The van der Waals surface area contributed by atoms with E-state index in [1.165, 1.54) is 6.07 Å². The van der Waals surface area contributed by atoms with Gasteiger partial charge in [-0.15, -0.1) is 23.2 Å². The van der Waals surface area contributed by atoms with Crippen molar-refractivity contribution in [1.29, 1.82) is 0 Å². The average Bonchev–Trinajstić information content (AvgIpc) is 2.27. The maximum atomic E-state index is 10.9. The van der Waals surface area contributed by atoms with Gasteiger partial charge in [0, 0.05) is 17.8 Å². The van der Waals surface area contributed by atoms with E-state index >= 15 is 0 Å². The van der Waals surface area contributed by atoms with Gasteiger partial charge in [-0.2, -0.15) is 0 Å². The maximum Gasteiger partial charge on any atom is 0.311 e. The van der Waals surface area contributed by atoms with Crippen LogP contribution in [0.5, 0.6) is 5.75 Å². The topological polar surface area (TPSA) is 52.4 Å². The number of nitro groups is 1. The van der Waals surface area contributed by atoms with Crippen LogP contribution in [-0.4, -0.2) is 11.0 Å². The van der Waals surface area contributed by atoms with Crippen LogP contribution in [0.1, 0.15) is 25.0 Å². The Kier molecular flexibility index (Phi) is 5.02. The van der Waals surface area contributed by atoms with Crippen molar-refractivity contribution < 1.29 is 9.66 Å². The molecule has 0 amide bonds. The molecule has 0 heterocycles. The summed E-state index contributed by atoms with van der Waals surface area (Å²) in [5.74, 6) is 0.661. The highest BCUT2D eigenvalue weighted by molar-refractivity contribution is 6.18. The fraction of sp³-hybridized carbons (Fsp3) is 0.455. The number of halogens is 2. The molecule has 1 aromatic rings. The Balaban J connectivity index is 3.29. The number of rotatable bonds is 5. The van der Waals surface area contributed by atoms with Gasteiger partial charge in [0.05, 0.1) is 11.0 Å². The summed E-state index contributed by atoms with van der Waals surface area (Å²) < 4.78 is 5.41. The zero-order valence-corrected chi connectivity index (χ0v) is 11.1. The second-order valence-electron chi connectivity index (χ2n) is 3.78. The quantitative estimate of drug-likeness (QED) is 0.467. The van der Waals surface area contributed by atoms with Gasteiger partial charge < -0.3 is 4.74 Å². The molecule has 0 fully saturated rings. The van der Waals surface area contributed by atoms with Gasteiger partial charge in [-0.1, -0.05) is 0 Å². The first kappa shape index (κ1) is 14.1. The van der Waals surface area contributed by atoms with Crippen molar-refractivity contribution >= 4 is 28.9 Å². The molecule has 0 saturated carbocycles. The van der Waals surface area contributed by atoms with Crippen molar-refractivity contribution in [3.8, 4) is 5.75 Å². The Morgan fingerprint density at radius 1 is 1.29 bits per heavy atom. The fourth-order valence-corrected chi connectivity index (χ4v) is 1.89. The Morgan fingerprint density at radius 2 is 1.82 bits per heavy atom. The summed E-state index contributed by atoms with van der Waals surface area (Å²) in [6.45, 7) is 3.61. The van der Waals surface area contributed by atoms with E-state index < -0.39 is 4.92 Å². The standard InChI is InChI=1S/C11H13Cl2NO3/c1-7(2)17-11-4-9(6-13)8(5-12)3-10(11)14(15)16/h3-4,7H,5-6H2,1-2H3. The molecule has 0 spiro atoms. The second kappa shape index (κ2) is 6.07. The molecule has 0 aliphatic carbocycles. The largest absolute Gasteiger partial charge is 0.484 e. The Hall–Kier alpha value is -1.00. The minimum atomic E-state index is -0.480. The number of nitrogens with zero attached hydrogens (tertiary/aromatic N) is 1. The van der Waals surface area contributed by atoms with Gasteiger partial charge in [0.2, 0.25) is 0 Å². The zero-order chi connectivity index (χ0) is 13.0. The molecule has 1 rings (SSSR count). The lowest BCUT2D eigenvalue weighted by Crippen LogP contribution is -2.08. The first-order valence-electron chi connectivity index (χ1n) is 5.08. The van der Waals surface area contributed by atoms with E-state index in [-0.39, 0.29) is 29.3 Å². The van der Waals surface area contributed by atoms with Gasteiger partial charge in [0.25, 0.3) is 0 Å². The van der Waals surface area contributed by atoms with Gasteiger partial charge >= 0.3 is 5.69 Å². The molecule has 94 valence electrons. The van der Waals surface area contributed by atoms with Crippen LogP contribution in [0, 0.1) is 10.1 Å². The molecule has 0 aliphatic rings. The van der Waals surface area contributed by atoms with Crippen molar-refractivity contribution in [3.63, 3.8) is 0 Å². The highest BCUT2D eigenvalue weighted by Gasteiger charge is 2.19. The molecular formula is C11H13Cl2NO3. The lowest BCUT2D eigenvalue weighted by Gasteiger charge is -2.12. The SMILES string of the molecule is CC(C)Oc1cc(CCl)c(CCl)cc1[N+](=O)[O-]. The van der Waals surface area contributed by atoms with E-state index in [0.717, 1.165) is 5.56 Å². The summed E-state index contributed by atoms with van der Waals surface area (Å²) in [4.78, 5) is 10.4. The Bertz CT molecular complexity index is 421. The molecule has 0 atom stereocenters. The van der Waals surface area contributed by atoms with E-state index in [2.05, 4.69) is 0 Å². The lowest BCUT2D eigenvalue weighted by atomic mass is 10.1.